The van der Waals surface area contributed by atoms with Gasteiger partial charge in [0.25, 0.3) is 0 Å². The molecule has 0 fully saturated rings. The molecule has 0 saturated carbocycles. The standard InChI is InChI=1S/C18H16F3N3O2S/c1-12-3-9-15(10-4-12)27(2,25)22-11-13-5-7-14(8-6-13)16-23-17(26-24-16)18(19,20)21/h3-10H,11H2,1-2H3. The minimum absolute atomic E-state index is 0.148. The fourth-order valence-corrected chi connectivity index (χ4v) is 3.46. The van der Waals surface area contributed by atoms with Gasteiger partial charge in [-0.3, -0.25) is 0 Å². The number of hydrogen-bond donors (Lipinski definition) is 0. The Bertz CT molecular complexity index is 1050. The third kappa shape index (κ3) is 4.54. The topological polar surface area (TPSA) is 68.3 Å². The van der Waals surface area contributed by atoms with Crippen molar-refractivity contribution in [3.63, 3.8) is 0 Å². The Morgan fingerprint density at radius 2 is 1.70 bits per heavy atom. The maximum Gasteiger partial charge on any atom is 0.471 e. The first kappa shape index (κ1) is 19.1. The van der Waals surface area contributed by atoms with Crippen molar-refractivity contribution in [2.75, 3.05) is 6.26 Å². The largest absolute Gasteiger partial charge is 0.471 e. The fraction of sp³-hybridized carbons (Fsp3) is 0.222. The molecule has 1 atom stereocenters. The van der Waals surface area contributed by atoms with E-state index in [-0.39, 0.29) is 12.4 Å². The lowest BCUT2D eigenvalue weighted by Crippen LogP contribution is -2.04. The third-order valence-corrected chi connectivity index (χ3v) is 5.60. The second-order valence-corrected chi connectivity index (χ2v) is 8.36. The molecule has 0 N–H and O–H groups in total. The molecular formula is C18H16F3N3O2S. The summed E-state index contributed by atoms with van der Waals surface area (Å²) in [6.45, 7) is 2.16. The van der Waals surface area contributed by atoms with E-state index >= 15 is 0 Å². The molecule has 5 nitrogen and oxygen atoms in total. The first-order valence-corrected chi connectivity index (χ1v) is 9.82. The molecule has 0 bridgehead atoms. The smallest absolute Gasteiger partial charge is 0.329 e. The van der Waals surface area contributed by atoms with Gasteiger partial charge in [-0.25, -0.2) is 8.57 Å². The molecule has 0 amide bonds. The number of rotatable bonds is 4. The number of benzene rings is 2. The Kier molecular flexibility index (Phi) is 5.05. The van der Waals surface area contributed by atoms with Crippen molar-refractivity contribution < 1.29 is 21.9 Å². The average molecular weight is 395 g/mol. The number of aryl methyl sites for hydroxylation is 1. The highest BCUT2D eigenvalue weighted by Gasteiger charge is 2.38. The van der Waals surface area contributed by atoms with E-state index < -0.39 is 21.8 Å². The lowest BCUT2D eigenvalue weighted by Gasteiger charge is -2.05. The molecule has 0 aliphatic carbocycles. The van der Waals surface area contributed by atoms with E-state index in [1.165, 1.54) is 0 Å². The molecule has 1 aromatic heterocycles. The molecule has 2 aromatic carbocycles. The minimum Gasteiger partial charge on any atom is -0.329 e. The Morgan fingerprint density at radius 1 is 1.07 bits per heavy atom. The van der Waals surface area contributed by atoms with Gasteiger partial charge in [-0.15, -0.1) is 0 Å². The van der Waals surface area contributed by atoms with E-state index in [1.54, 1.807) is 42.7 Å². The van der Waals surface area contributed by atoms with Crippen molar-refractivity contribution in [3.05, 3.63) is 65.5 Å². The lowest BCUT2D eigenvalue weighted by molar-refractivity contribution is -0.159. The summed E-state index contributed by atoms with van der Waals surface area (Å²) >= 11 is 0. The number of nitrogens with zero attached hydrogens (tertiary/aromatic N) is 3. The van der Waals surface area contributed by atoms with Crippen molar-refractivity contribution in [1.29, 1.82) is 0 Å². The number of halogens is 3. The normalized spacial score (nSPS) is 14.0. The van der Waals surface area contributed by atoms with Gasteiger partial charge in [-0.2, -0.15) is 18.2 Å². The van der Waals surface area contributed by atoms with Gasteiger partial charge in [0.2, 0.25) is 5.82 Å². The molecule has 0 saturated heterocycles. The van der Waals surface area contributed by atoms with E-state index in [2.05, 4.69) is 19.0 Å². The van der Waals surface area contributed by atoms with Gasteiger partial charge in [0.05, 0.1) is 16.3 Å². The highest BCUT2D eigenvalue weighted by atomic mass is 32.2. The first-order chi connectivity index (χ1) is 12.6. The SMILES string of the molecule is Cc1ccc(S(C)(=O)=NCc2ccc(-c3noc(C(F)(F)F)n3)cc2)cc1. The molecule has 0 spiro atoms. The zero-order valence-electron chi connectivity index (χ0n) is 14.5. The van der Waals surface area contributed by atoms with Gasteiger partial charge in [0, 0.05) is 16.7 Å². The molecule has 0 aliphatic rings. The Hall–Kier alpha value is -2.68. The minimum atomic E-state index is -4.68. The van der Waals surface area contributed by atoms with Crippen LogP contribution in [0.15, 0.2) is 62.3 Å². The predicted octanol–water partition coefficient (Wildman–Crippen LogP) is 4.72. The Balaban J connectivity index is 1.77. The van der Waals surface area contributed by atoms with Crippen LogP contribution in [-0.2, 0) is 22.5 Å². The number of aromatic nitrogens is 2. The van der Waals surface area contributed by atoms with Crippen LogP contribution < -0.4 is 0 Å². The monoisotopic (exact) mass is 395 g/mol. The van der Waals surface area contributed by atoms with Gasteiger partial charge < -0.3 is 4.52 Å². The van der Waals surface area contributed by atoms with E-state index in [0.29, 0.717) is 10.5 Å². The number of alkyl halides is 3. The highest BCUT2D eigenvalue weighted by Crippen LogP contribution is 2.29. The van der Waals surface area contributed by atoms with Crippen LogP contribution in [0.1, 0.15) is 17.0 Å². The van der Waals surface area contributed by atoms with Crippen molar-refractivity contribution in [2.45, 2.75) is 24.5 Å². The summed E-state index contributed by atoms with van der Waals surface area (Å²) in [6, 6.07) is 13.8. The zero-order valence-corrected chi connectivity index (χ0v) is 15.3. The van der Waals surface area contributed by atoms with E-state index in [1.807, 2.05) is 19.1 Å². The summed E-state index contributed by atoms with van der Waals surface area (Å²) in [5, 5.41) is 3.34. The third-order valence-electron chi connectivity index (χ3n) is 3.83. The quantitative estimate of drug-likeness (QED) is 0.641. The molecule has 9 heteroatoms. The van der Waals surface area contributed by atoms with Crippen LogP contribution >= 0.6 is 0 Å². The summed E-state index contributed by atoms with van der Waals surface area (Å²) in [4.78, 5) is 3.99. The van der Waals surface area contributed by atoms with Crippen LogP contribution in [0.25, 0.3) is 11.4 Å². The number of hydrogen-bond acceptors (Lipinski definition) is 5. The van der Waals surface area contributed by atoms with Crippen LogP contribution in [0.3, 0.4) is 0 Å². The molecule has 142 valence electrons. The summed E-state index contributed by atoms with van der Waals surface area (Å²) in [6.07, 6.45) is -3.11. The van der Waals surface area contributed by atoms with Crippen molar-refractivity contribution in [1.82, 2.24) is 10.1 Å². The predicted molar refractivity (Wildman–Crippen MR) is 94.4 cm³/mol. The van der Waals surface area contributed by atoms with E-state index in [0.717, 1.165) is 11.1 Å². The summed E-state index contributed by atoms with van der Waals surface area (Å²) in [7, 11) is -2.54. The van der Waals surface area contributed by atoms with Crippen LogP contribution in [0.5, 0.6) is 0 Å². The van der Waals surface area contributed by atoms with Gasteiger partial charge in [-0.1, -0.05) is 47.1 Å². The molecule has 3 rings (SSSR count). The average Bonchev–Trinajstić information content (AvgIpc) is 3.11. The van der Waals surface area contributed by atoms with Crippen molar-refractivity contribution in [3.8, 4) is 11.4 Å². The summed E-state index contributed by atoms with van der Waals surface area (Å²) in [5.74, 6) is -1.54. The van der Waals surface area contributed by atoms with Crippen LogP contribution in [-0.4, -0.2) is 20.6 Å². The van der Waals surface area contributed by atoms with Gasteiger partial charge in [-0.05, 0) is 24.6 Å². The Morgan fingerprint density at radius 3 is 2.26 bits per heavy atom. The Labute approximate surface area is 154 Å². The molecular weight excluding hydrogens is 379 g/mol. The van der Waals surface area contributed by atoms with Crippen LogP contribution in [0.4, 0.5) is 13.2 Å². The molecule has 0 radical (unpaired) electrons. The van der Waals surface area contributed by atoms with Gasteiger partial charge in [0.1, 0.15) is 0 Å². The summed E-state index contributed by atoms with van der Waals surface area (Å²) in [5.41, 5.74) is 2.22. The molecule has 1 unspecified atom stereocenters. The molecule has 0 aliphatic heterocycles. The second-order valence-electron chi connectivity index (χ2n) is 6.02. The van der Waals surface area contributed by atoms with Gasteiger partial charge in [0.15, 0.2) is 0 Å². The molecule has 27 heavy (non-hydrogen) atoms. The summed E-state index contributed by atoms with van der Waals surface area (Å²) < 4.78 is 58.8. The van der Waals surface area contributed by atoms with Crippen LogP contribution in [0.2, 0.25) is 0 Å². The lowest BCUT2D eigenvalue weighted by atomic mass is 10.1. The first-order valence-electron chi connectivity index (χ1n) is 7.90. The second kappa shape index (κ2) is 7.15. The van der Waals surface area contributed by atoms with E-state index in [4.69, 9.17) is 0 Å². The highest BCUT2D eigenvalue weighted by molar-refractivity contribution is 7.93. The maximum absolute atomic E-state index is 12.8. The van der Waals surface area contributed by atoms with Crippen molar-refractivity contribution >= 4 is 9.73 Å². The fourth-order valence-electron chi connectivity index (χ4n) is 2.28. The molecule has 3 aromatic rings. The molecule has 1 heterocycles. The zero-order chi connectivity index (χ0) is 19.7. The maximum atomic E-state index is 12.8. The van der Waals surface area contributed by atoms with E-state index in [9.17, 15) is 17.4 Å². The van der Waals surface area contributed by atoms with Crippen molar-refractivity contribution in [2.24, 2.45) is 4.36 Å². The van der Waals surface area contributed by atoms with Crippen LogP contribution in [0, 0.1) is 6.92 Å². The van der Waals surface area contributed by atoms with Gasteiger partial charge >= 0.3 is 12.1 Å².